The van der Waals surface area contributed by atoms with E-state index in [-0.39, 0.29) is 30.7 Å². The van der Waals surface area contributed by atoms with Crippen LogP contribution in [-0.2, 0) is 11.4 Å². The lowest BCUT2D eigenvalue weighted by Crippen LogP contribution is -2.35. The molecule has 1 aromatic heterocycles. The van der Waals surface area contributed by atoms with Crippen molar-refractivity contribution in [2.24, 2.45) is 0 Å². The highest BCUT2D eigenvalue weighted by Gasteiger charge is 2.25. The topological polar surface area (TPSA) is 71.8 Å². The van der Waals surface area contributed by atoms with Gasteiger partial charge in [-0.1, -0.05) is 48.5 Å². The Kier molecular flexibility index (Phi) is 7.00. The monoisotopic (exact) mass is 460 g/mol. The number of hydrogen-bond acceptors (Lipinski definition) is 5. The van der Waals surface area contributed by atoms with Crippen molar-refractivity contribution in [1.29, 1.82) is 0 Å². The maximum atomic E-state index is 13.2. The zero-order valence-corrected chi connectivity index (χ0v) is 19.2. The summed E-state index contributed by atoms with van der Waals surface area (Å²) < 4.78 is 11.8. The van der Waals surface area contributed by atoms with Crippen molar-refractivity contribution >= 4 is 40.2 Å². The summed E-state index contributed by atoms with van der Waals surface area (Å²) in [5.74, 6) is 0.199. The number of fused-ring (bicyclic) bond motifs is 1. The van der Waals surface area contributed by atoms with Gasteiger partial charge in [0.25, 0.3) is 5.91 Å². The van der Waals surface area contributed by atoms with Gasteiger partial charge in [0.2, 0.25) is 5.91 Å². The van der Waals surface area contributed by atoms with Gasteiger partial charge >= 0.3 is 0 Å². The maximum Gasteiger partial charge on any atom is 0.290 e. The van der Waals surface area contributed by atoms with Gasteiger partial charge in [0.15, 0.2) is 5.76 Å². The summed E-state index contributed by atoms with van der Waals surface area (Å²) in [4.78, 5) is 28.2. The molecule has 33 heavy (non-hydrogen) atoms. The number of para-hydroxylation sites is 3. The minimum atomic E-state index is -0.383. The number of benzene rings is 3. The maximum absolute atomic E-state index is 13.2. The number of hydrogen-bond donors (Lipinski definition) is 1. The van der Waals surface area contributed by atoms with Gasteiger partial charge in [0, 0.05) is 22.9 Å². The fourth-order valence-corrected chi connectivity index (χ4v) is 4.04. The van der Waals surface area contributed by atoms with E-state index in [0.29, 0.717) is 16.9 Å². The number of thioether (sulfide) groups is 1. The molecule has 3 aromatic carbocycles. The molecule has 7 heteroatoms. The van der Waals surface area contributed by atoms with E-state index >= 15 is 0 Å². The Morgan fingerprint density at radius 2 is 1.67 bits per heavy atom. The molecular weight excluding hydrogens is 436 g/mol. The van der Waals surface area contributed by atoms with Crippen LogP contribution >= 0.6 is 11.8 Å². The quantitative estimate of drug-likeness (QED) is 0.354. The average Bonchev–Trinajstić information content (AvgIpc) is 3.21. The summed E-state index contributed by atoms with van der Waals surface area (Å²) in [5.41, 5.74) is 1.97. The Bertz CT molecular complexity index is 1270. The highest BCUT2D eigenvalue weighted by atomic mass is 32.2. The van der Waals surface area contributed by atoms with Crippen molar-refractivity contribution in [2.75, 3.05) is 25.2 Å². The highest BCUT2D eigenvalue weighted by Crippen LogP contribution is 2.28. The molecule has 4 rings (SSSR count). The van der Waals surface area contributed by atoms with Crippen LogP contribution in [0.5, 0.6) is 5.75 Å². The predicted molar refractivity (Wildman–Crippen MR) is 131 cm³/mol. The summed E-state index contributed by atoms with van der Waals surface area (Å²) in [7, 11) is 1.58. The van der Waals surface area contributed by atoms with E-state index in [4.69, 9.17) is 9.15 Å². The van der Waals surface area contributed by atoms with Crippen LogP contribution in [0.25, 0.3) is 11.0 Å². The zero-order valence-electron chi connectivity index (χ0n) is 18.4. The molecule has 0 atom stereocenters. The SMILES string of the molecule is CSc1ccccc1NC(=O)CN(C)C(=O)c1oc2ccccc2c1COc1ccccc1. The van der Waals surface area contributed by atoms with Crippen molar-refractivity contribution in [1.82, 2.24) is 4.90 Å². The zero-order chi connectivity index (χ0) is 23.2. The first-order valence-electron chi connectivity index (χ1n) is 10.4. The van der Waals surface area contributed by atoms with Crippen molar-refractivity contribution in [2.45, 2.75) is 11.5 Å². The van der Waals surface area contributed by atoms with E-state index in [1.165, 1.54) is 4.90 Å². The van der Waals surface area contributed by atoms with Gasteiger partial charge in [-0.05, 0) is 36.6 Å². The third-order valence-electron chi connectivity index (χ3n) is 5.13. The van der Waals surface area contributed by atoms with E-state index < -0.39 is 0 Å². The molecule has 1 heterocycles. The summed E-state index contributed by atoms with van der Waals surface area (Å²) >= 11 is 1.54. The number of likely N-dealkylation sites (N-methyl/N-ethyl adjacent to an activating group) is 1. The Hall–Kier alpha value is -3.71. The molecule has 6 nitrogen and oxygen atoms in total. The number of carbonyl (C=O) groups excluding carboxylic acids is 2. The number of ether oxygens (including phenoxy) is 1. The van der Waals surface area contributed by atoms with Gasteiger partial charge in [0.05, 0.1) is 12.2 Å². The Balaban J connectivity index is 1.52. The van der Waals surface area contributed by atoms with Crippen LogP contribution in [0.1, 0.15) is 16.1 Å². The van der Waals surface area contributed by atoms with Crippen molar-refractivity contribution in [3.8, 4) is 5.75 Å². The molecule has 0 spiro atoms. The molecule has 1 N–H and O–H groups in total. The molecule has 0 saturated carbocycles. The van der Waals surface area contributed by atoms with Gasteiger partial charge in [-0.15, -0.1) is 11.8 Å². The number of nitrogens with one attached hydrogen (secondary N) is 1. The third-order valence-corrected chi connectivity index (χ3v) is 5.92. The third kappa shape index (κ3) is 5.21. The second-order valence-corrected chi connectivity index (χ2v) is 8.27. The predicted octanol–water partition coefficient (Wildman–Crippen LogP) is 5.44. The lowest BCUT2D eigenvalue weighted by molar-refractivity contribution is -0.116. The summed E-state index contributed by atoms with van der Waals surface area (Å²) in [6, 6.07) is 24.4. The minimum Gasteiger partial charge on any atom is -0.489 e. The van der Waals surface area contributed by atoms with E-state index in [1.54, 1.807) is 18.8 Å². The van der Waals surface area contributed by atoms with Gasteiger partial charge < -0.3 is 19.4 Å². The van der Waals surface area contributed by atoms with Crippen LogP contribution in [0.2, 0.25) is 0 Å². The summed E-state index contributed by atoms with van der Waals surface area (Å²) in [5, 5.41) is 3.69. The normalized spacial score (nSPS) is 10.7. The summed E-state index contributed by atoms with van der Waals surface area (Å²) in [6.45, 7) is 0.0564. The van der Waals surface area contributed by atoms with Crippen LogP contribution in [0, 0.1) is 0 Å². The van der Waals surface area contributed by atoms with E-state index in [2.05, 4.69) is 5.32 Å². The van der Waals surface area contributed by atoms with Gasteiger partial charge in [-0.25, -0.2) is 0 Å². The first-order valence-corrected chi connectivity index (χ1v) is 11.7. The summed E-state index contributed by atoms with van der Waals surface area (Å²) in [6.07, 6.45) is 1.95. The number of rotatable bonds is 8. The van der Waals surface area contributed by atoms with E-state index in [1.807, 2.05) is 85.1 Å². The van der Waals surface area contributed by atoms with E-state index in [9.17, 15) is 9.59 Å². The molecule has 168 valence electrons. The van der Waals surface area contributed by atoms with Crippen molar-refractivity contribution < 1.29 is 18.7 Å². The number of anilines is 1. The molecule has 0 aliphatic rings. The minimum absolute atomic E-state index is 0.114. The van der Waals surface area contributed by atoms with Crippen LogP contribution in [0.4, 0.5) is 5.69 Å². The Morgan fingerprint density at radius 3 is 2.45 bits per heavy atom. The molecule has 0 aliphatic carbocycles. The first kappa shape index (κ1) is 22.5. The van der Waals surface area contributed by atoms with Crippen LogP contribution < -0.4 is 10.1 Å². The number of furan rings is 1. The van der Waals surface area contributed by atoms with Crippen molar-refractivity contribution in [3.05, 3.63) is 90.2 Å². The van der Waals surface area contributed by atoms with E-state index in [0.717, 1.165) is 16.0 Å². The standard InChI is InChI=1S/C26H24N2O4S/c1-28(16-24(29)27-21-13-7-9-15-23(21)33-2)26(30)25-20(17-31-18-10-4-3-5-11-18)19-12-6-8-14-22(19)32-25/h3-15H,16-17H2,1-2H3,(H,27,29). The Labute approximate surface area is 196 Å². The molecule has 2 amide bonds. The van der Waals surface area contributed by atoms with Gasteiger partial charge in [-0.2, -0.15) is 0 Å². The number of carbonyl (C=O) groups is 2. The molecule has 0 radical (unpaired) electrons. The largest absolute Gasteiger partial charge is 0.489 e. The highest BCUT2D eigenvalue weighted by molar-refractivity contribution is 7.98. The lowest BCUT2D eigenvalue weighted by atomic mass is 10.1. The molecule has 4 aromatic rings. The molecule has 0 aliphatic heterocycles. The smallest absolute Gasteiger partial charge is 0.290 e. The van der Waals surface area contributed by atoms with Crippen LogP contribution in [0.15, 0.2) is 88.2 Å². The van der Waals surface area contributed by atoms with Gasteiger partial charge in [0.1, 0.15) is 17.9 Å². The number of amides is 2. The average molecular weight is 461 g/mol. The fourth-order valence-electron chi connectivity index (χ4n) is 3.49. The fraction of sp³-hybridized carbons (Fsp3) is 0.154. The molecule has 0 unspecified atom stereocenters. The number of nitrogens with zero attached hydrogens (tertiary/aromatic N) is 1. The van der Waals surface area contributed by atoms with Crippen molar-refractivity contribution in [3.63, 3.8) is 0 Å². The molecular formula is C26H24N2O4S. The molecule has 0 bridgehead atoms. The lowest BCUT2D eigenvalue weighted by Gasteiger charge is -2.17. The first-order chi connectivity index (χ1) is 16.1. The second-order valence-electron chi connectivity index (χ2n) is 7.42. The second kappa shape index (κ2) is 10.3. The van der Waals surface area contributed by atoms with Crippen LogP contribution in [-0.4, -0.2) is 36.6 Å². The molecule has 0 saturated heterocycles. The molecule has 0 fully saturated rings. The van der Waals surface area contributed by atoms with Crippen LogP contribution in [0.3, 0.4) is 0 Å². The Morgan fingerprint density at radius 1 is 0.970 bits per heavy atom. The van der Waals surface area contributed by atoms with Gasteiger partial charge in [-0.3, -0.25) is 9.59 Å².